The Hall–Kier alpha value is -3.96. The van der Waals surface area contributed by atoms with E-state index in [-0.39, 0.29) is 23.4 Å². The fraction of sp³-hybridized carbons (Fsp3) is 0.136. The lowest BCUT2D eigenvalue weighted by Crippen LogP contribution is -2.42. The number of nitrogens with one attached hydrogen (secondary N) is 3. The highest BCUT2D eigenvalue weighted by molar-refractivity contribution is 7.89. The van der Waals surface area contributed by atoms with Gasteiger partial charge < -0.3 is 8.98 Å². The van der Waals surface area contributed by atoms with Crippen LogP contribution in [0.2, 0.25) is 0 Å². The first-order valence-electron chi connectivity index (χ1n) is 9.95. The van der Waals surface area contributed by atoms with Crippen LogP contribution in [0.15, 0.2) is 76.2 Å². The average molecular weight is 468 g/mol. The molecule has 0 aliphatic rings. The van der Waals surface area contributed by atoms with Crippen molar-refractivity contribution in [3.8, 4) is 0 Å². The molecule has 0 unspecified atom stereocenters. The van der Waals surface area contributed by atoms with Crippen molar-refractivity contribution >= 4 is 32.9 Å². The molecule has 0 bridgehead atoms. The number of aromatic nitrogens is 2. The molecular formula is C22H21N5O5S. The van der Waals surface area contributed by atoms with E-state index in [1.54, 1.807) is 16.7 Å². The molecule has 4 aromatic rings. The van der Waals surface area contributed by atoms with Crippen molar-refractivity contribution in [2.24, 2.45) is 7.05 Å². The van der Waals surface area contributed by atoms with Crippen molar-refractivity contribution < 1.29 is 22.4 Å². The van der Waals surface area contributed by atoms with Gasteiger partial charge in [-0.1, -0.05) is 18.2 Å². The second-order valence-electron chi connectivity index (χ2n) is 7.19. The number of carbonyl (C=O) groups excluding carboxylic acids is 2. The van der Waals surface area contributed by atoms with Crippen molar-refractivity contribution in [3.63, 3.8) is 0 Å². The minimum absolute atomic E-state index is 0.0238. The standard InChI is InChI=1S/C22H21N5O5S/c1-27-19-10-3-2-9-18(19)24-20(27)13-21(28)25-26-22(29)15-6-4-8-17(12-15)33(30,31)23-14-16-7-5-11-32-16/h2-12,23H,13-14H2,1H3,(H,25,28)(H,26,29). The Labute approximate surface area is 189 Å². The number of benzene rings is 2. The first-order valence-corrected chi connectivity index (χ1v) is 11.4. The molecule has 2 heterocycles. The smallest absolute Gasteiger partial charge is 0.269 e. The summed E-state index contributed by atoms with van der Waals surface area (Å²) in [7, 11) is -2.06. The molecule has 0 fully saturated rings. The number of furan rings is 1. The number of amides is 2. The molecule has 0 atom stereocenters. The average Bonchev–Trinajstić information content (AvgIpc) is 3.45. The van der Waals surface area contributed by atoms with E-state index in [1.165, 1.54) is 30.5 Å². The summed E-state index contributed by atoms with van der Waals surface area (Å²) in [5.41, 5.74) is 6.36. The highest BCUT2D eigenvalue weighted by atomic mass is 32.2. The predicted molar refractivity (Wildman–Crippen MR) is 119 cm³/mol. The zero-order valence-corrected chi connectivity index (χ0v) is 18.4. The molecule has 3 N–H and O–H groups in total. The Morgan fingerprint density at radius 3 is 2.61 bits per heavy atom. The van der Waals surface area contributed by atoms with Crippen LogP contribution in [-0.2, 0) is 34.8 Å². The quantitative estimate of drug-likeness (QED) is 0.354. The minimum Gasteiger partial charge on any atom is -0.468 e. The molecule has 0 aliphatic carbocycles. The second-order valence-corrected chi connectivity index (χ2v) is 8.95. The monoisotopic (exact) mass is 467 g/mol. The molecule has 0 saturated carbocycles. The molecule has 0 saturated heterocycles. The molecule has 33 heavy (non-hydrogen) atoms. The Balaban J connectivity index is 1.37. The first-order chi connectivity index (χ1) is 15.8. The maximum Gasteiger partial charge on any atom is 0.269 e. The topological polar surface area (TPSA) is 135 Å². The normalized spacial score (nSPS) is 11.4. The van der Waals surface area contributed by atoms with Gasteiger partial charge in [-0.15, -0.1) is 0 Å². The van der Waals surface area contributed by atoms with Gasteiger partial charge in [0.25, 0.3) is 5.91 Å². The zero-order valence-electron chi connectivity index (χ0n) is 17.6. The molecule has 170 valence electrons. The highest BCUT2D eigenvalue weighted by Gasteiger charge is 2.17. The van der Waals surface area contributed by atoms with Crippen molar-refractivity contribution in [2.45, 2.75) is 17.9 Å². The number of hydrogen-bond donors (Lipinski definition) is 3. The van der Waals surface area contributed by atoms with Gasteiger partial charge in [-0.05, 0) is 42.5 Å². The molecule has 2 aromatic heterocycles. The van der Waals surface area contributed by atoms with Crippen LogP contribution in [0.25, 0.3) is 11.0 Å². The second kappa shape index (κ2) is 9.27. The maximum absolute atomic E-state index is 12.5. The van der Waals surface area contributed by atoms with Crippen LogP contribution >= 0.6 is 0 Å². The van der Waals surface area contributed by atoms with Gasteiger partial charge in [0, 0.05) is 12.6 Å². The molecule has 0 radical (unpaired) electrons. The predicted octanol–water partition coefficient (Wildman–Crippen LogP) is 1.65. The summed E-state index contributed by atoms with van der Waals surface area (Å²) in [4.78, 5) is 29.1. The number of nitrogens with zero attached hydrogens (tertiary/aromatic N) is 2. The van der Waals surface area contributed by atoms with Crippen LogP contribution in [0.3, 0.4) is 0 Å². The molecular weight excluding hydrogens is 446 g/mol. The first kappa shape index (κ1) is 22.2. The maximum atomic E-state index is 12.5. The molecule has 2 aromatic carbocycles. The number of carbonyl (C=O) groups is 2. The van der Waals surface area contributed by atoms with E-state index < -0.39 is 21.8 Å². The molecule has 2 amide bonds. The van der Waals surface area contributed by atoms with Crippen LogP contribution in [0.5, 0.6) is 0 Å². The van der Waals surface area contributed by atoms with Crippen LogP contribution in [0, 0.1) is 0 Å². The third kappa shape index (κ3) is 5.10. The van der Waals surface area contributed by atoms with Gasteiger partial charge in [0.15, 0.2) is 0 Å². The Morgan fingerprint density at radius 2 is 1.85 bits per heavy atom. The van der Waals surface area contributed by atoms with Gasteiger partial charge in [-0.2, -0.15) is 0 Å². The van der Waals surface area contributed by atoms with Crippen LogP contribution < -0.4 is 15.6 Å². The van der Waals surface area contributed by atoms with Gasteiger partial charge in [0.1, 0.15) is 11.6 Å². The summed E-state index contributed by atoms with van der Waals surface area (Å²) in [6.07, 6.45) is 1.40. The Morgan fingerprint density at radius 1 is 1.03 bits per heavy atom. The number of rotatable bonds is 7. The van der Waals surface area contributed by atoms with Crippen molar-refractivity contribution in [3.05, 3.63) is 84.1 Å². The lowest BCUT2D eigenvalue weighted by atomic mass is 10.2. The van der Waals surface area contributed by atoms with Gasteiger partial charge >= 0.3 is 0 Å². The third-order valence-electron chi connectivity index (χ3n) is 4.94. The lowest BCUT2D eigenvalue weighted by Gasteiger charge is -2.09. The number of fused-ring (bicyclic) bond motifs is 1. The van der Waals surface area contributed by atoms with E-state index in [2.05, 4.69) is 20.6 Å². The number of hydrazine groups is 1. The number of imidazole rings is 1. The Kier molecular flexibility index (Phi) is 6.24. The van der Waals surface area contributed by atoms with Crippen LogP contribution in [-0.4, -0.2) is 29.8 Å². The van der Waals surface area contributed by atoms with Crippen molar-refractivity contribution in [1.29, 1.82) is 0 Å². The molecule has 0 aliphatic heterocycles. The number of para-hydroxylation sites is 2. The van der Waals surface area contributed by atoms with Crippen LogP contribution in [0.1, 0.15) is 21.9 Å². The molecule has 4 rings (SSSR count). The van der Waals surface area contributed by atoms with E-state index in [4.69, 9.17) is 4.42 Å². The van der Waals surface area contributed by atoms with Gasteiger partial charge in [-0.3, -0.25) is 20.4 Å². The summed E-state index contributed by atoms with van der Waals surface area (Å²) >= 11 is 0. The largest absolute Gasteiger partial charge is 0.468 e. The SMILES string of the molecule is Cn1c(CC(=O)NNC(=O)c2cccc(S(=O)(=O)NCc3ccco3)c2)nc2ccccc21. The fourth-order valence-corrected chi connectivity index (χ4v) is 4.25. The van der Waals surface area contributed by atoms with E-state index in [1.807, 2.05) is 31.3 Å². The lowest BCUT2D eigenvalue weighted by molar-refractivity contribution is -0.121. The van der Waals surface area contributed by atoms with E-state index in [0.717, 1.165) is 11.0 Å². The molecule has 10 nitrogen and oxygen atoms in total. The number of hydrogen-bond acceptors (Lipinski definition) is 6. The van der Waals surface area contributed by atoms with Crippen molar-refractivity contribution in [1.82, 2.24) is 25.1 Å². The van der Waals surface area contributed by atoms with E-state index >= 15 is 0 Å². The summed E-state index contributed by atoms with van der Waals surface area (Å²) in [6.45, 7) is -0.0238. The minimum atomic E-state index is -3.87. The fourth-order valence-electron chi connectivity index (χ4n) is 3.21. The third-order valence-corrected chi connectivity index (χ3v) is 6.34. The molecule has 11 heteroatoms. The van der Waals surface area contributed by atoms with Crippen LogP contribution in [0.4, 0.5) is 0 Å². The summed E-state index contributed by atoms with van der Waals surface area (Å²) in [6, 6.07) is 16.3. The zero-order chi connectivity index (χ0) is 23.4. The van der Waals surface area contributed by atoms with Gasteiger partial charge in [0.05, 0.1) is 35.2 Å². The van der Waals surface area contributed by atoms with E-state index in [0.29, 0.717) is 11.6 Å². The number of sulfonamides is 1. The highest BCUT2D eigenvalue weighted by Crippen LogP contribution is 2.15. The van der Waals surface area contributed by atoms with E-state index in [9.17, 15) is 18.0 Å². The van der Waals surface area contributed by atoms with Crippen molar-refractivity contribution in [2.75, 3.05) is 0 Å². The van der Waals surface area contributed by atoms with Gasteiger partial charge in [-0.25, -0.2) is 18.1 Å². The summed E-state index contributed by atoms with van der Waals surface area (Å²) in [5, 5.41) is 0. The van der Waals surface area contributed by atoms with Gasteiger partial charge in [0.2, 0.25) is 15.9 Å². The summed E-state index contributed by atoms with van der Waals surface area (Å²) < 4.78 is 34.4. The Bertz CT molecular complexity index is 1410. The molecule has 0 spiro atoms. The summed E-state index contributed by atoms with van der Waals surface area (Å²) in [5.74, 6) is -0.128. The number of aryl methyl sites for hydroxylation is 1.